The van der Waals surface area contributed by atoms with Gasteiger partial charge in [-0.3, -0.25) is 10.1 Å². The predicted octanol–water partition coefficient (Wildman–Crippen LogP) is 2.35. The molecule has 16 heavy (non-hydrogen) atoms. The molecule has 0 fully saturated rings. The molecule has 1 unspecified atom stereocenters. The molecule has 0 aromatic heterocycles. The SMILES string of the molecule is COC(C)CNc1cccc(C)c1[N+](=O)[O-]. The highest BCUT2D eigenvalue weighted by molar-refractivity contribution is 5.64. The van der Waals surface area contributed by atoms with Crippen molar-refractivity contribution in [1.29, 1.82) is 0 Å². The molecule has 88 valence electrons. The van der Waals surface area contributed by atoms with E-state index >= 15 is 0 Å². The summed E-state index contributed by atoms with van der Waals surface area (Å²) in [6, 6.07) is 5.22. The number of anilines is 1. The monoisotopic (exact) mass is 224 g/mol. The second kappa shape index (κ2) is 5.46. The Morgan fingerprint density at radius 2 is 2.25 bits per heavy atom. The van der Waals surface area contributed by atoms with Gasteiger partial charge in [0, 0.05) is 19.2 Å². The lowest BCUT2D eigenvalue weighted by Gasteiger charge is -2.12. The van der Waals surface area contributed by atoms with Crippen LogP contribution in [0.5, 0.6) is 0 Å². The van der Waals surface area contributed by atoms with Gasteiger partial charge in [0.2, 0.25) is 0 Å². The maximum absolute atomic E-state index is 10.9. The fourth-order valence-electron chi connectivity index (χ4n) is 1.38. The van der Waals surface area contributed by atoms with Crippen LogP contribution in [0.1, 0.15) is 12.5 Å². The highest BCUT2D eigenvalue weighted by atomic mass is 16.6. The molecule has 5 heteroatoms. The summed E-state index contributed by atoms with van der Waals surface area (Å²) in [5.41, 5.74) is 1.32. The number of para-hydroxylation sites is 1. The van der Waals surface area contributed by atoms with Crippen molar-refractivity contribution in [2.24, 2.45) is 0 Å². The Kier molecular flexibility index (Phi) is 4.25. The topological polar surface area (TPSA) is 64.4 Å². The van der Waals surface area contributed by atoms with Crippen molar-refractivity contribution in [1.82, 2.24) is 0 Å². The fourth-order valence-corrected chi connectivity index (χ4v) is 1.38. The van der Waals surface area contributed by atoms with Crippen LogP contribution in [0.15, 0.2) is 18.2 Å². The number of rotatable bonds is 5. The van der Waals surface area contributed by atoms with Crippen LogP contribution in [0.25, 0.3) is 0 Å². The van der Waals surface area contributed by atoms with E-state index in [-0.39, 0.29) is 16.7 Å². The van der Waals surface area contributed by atoms with Crippen molar-refractivity contribution >= 4 is 11.4 Å². The van der Waals surface area contributed by atoms with Gasteiger partial charge in [-0.2, -0.15) is 0 Å². The molecule has 0 radical (unpaired) electrons. The molecule has 0 aliphatic rings. The van der Waals surface area contributed by atoms with Gasteiger partial charge in [0.15, 0.2) is 0 Å². The number of nitro benzene ring substituents is 1. The number of ether oxygens (including phenoxy) is 1. The van der Waals surface area contributed by atoms with Crippen LogP contribution < -0.4 is 5.32 Å². The minimum Gasteiger partial charge on any atom is -0.380 e. The number of benzene rings is 1. The van der Waals surface area contributed by atoms with Crippen LogP contribution in [-0.4, -0.2) is 24.7 Å². The number of nitrogens with zero attached hydrogens (tertiary/aromatic N) is 1. The first-order chi connectivity index (χ1) is 7.56. The van der Waals surface area contributed by atoms with Crippen LogP contribution in [0, 0.1) is 17.0 Å². The van der Waals surface area contributed by atoms with E-state index in [2.05, 4.69) is 5.32 Å². The molecule has 0 aliphatic heterocycles. The normalized spacial score (nSPS) is 12.2. The van der Waals surface area contributed by atoms with Crippen LogP contribution in [0.4, 0.5) is 11.4 Å². The molecule has 1 atom stereocenters. The third-order valence-corrected chi connectivity index (χ3v) is 2.40. The van der Waals surface area contributed by atoms with Gasteiger partial charge in [0.25, 0.3) is 5.69 Å². The van der Waals surface area contributed by atoms with Crippen molar-refractivity contribution in [3.8, 4) is 0 Å². The number of methoxy groups -OCH3 is 1. The summed E-state index contributed by atoms with van der Waals surface area (Å²) in [7, 11) is 1.61. The second-order valence-electron chi connectivity index (χ2n) is 3.66. The van der Waals surface area contributed by atoms with E-state index in [9.17, 15) is 10.1 Å². The third-order valence-electron chi connectivity index (χ3n) is 2.40. The lowest BCUT2D eigenvalue weighted by Crippen LogP contribution is -2.18. The Balaban J connectivity index is 2.87. The third kappa shape index (κ3) is 2.93. The Hall–Kier alpha value is -1.62. The zero-order valence-electron chi connectivity index (χ0n) is 9.69. The van der Waals surface area contributed by atoms with Crippen molar-refractivity contribution in [3.05, 3.63) is 33.9 Å². The van der Waals surface area contributed by atoms with Crippen LogP contribution in [-0.2, 0) is 4.74 Å². The zero-order chi connectivity index (χ0) is 12.1. The van der Waals surface area contributed by atoms with E-state index in [1.807, 2.05) is 6.92 Å². The maximum Gasteiger partial charge on any atom is 0.295 e. The van der Waals surface area contributed by atoms with Crippen LogP contribution in [0.2, 0.25) is 0 Å². The van der Waals surface area contributed by atoms with Gasteiger partial charge in [0.05, 0.1) is 11.0 Å². The lowest BCUT2D eigenvalue weighted by atomic mass is 10.1. The molecule has 0 saturated heterocycles. The molecular weight excluding hydrogens is 208 g/mol. The van der Waals surface area contributed by atoms with Gasteiger partial charge in [-0.05, 0) is 19.9 Å². The first-order valence-corrected chi connectivity index (χ1v) is 5.07. The smallest absolute Gasteiger partial charge is 0.295 e. The summed E-state index contributed by atoms with van der Waals surface area (Å²) in [6.45, 7) is 4.17. The minimum absolute atomic E-state index is 0.0140. The summed E-state index contributed by atoms with van der Waals surface area (Å²) in [5.74, 6) is 0. The Bertz CT molecular complexity index is 379. The number of nitrogens with one attached hydrogen (secondary N) is 1. The molecular formula is C11H16N2O3. The van der Waals surface area contributed by atoms with Gasteiger partial charge >= 0.3 is 0 Å². The second-order valence-corrected chi connectivity index (χ2v) is 3.66. The summed E-state index contributed by atoms with van der Waals surface area (Å²) in [5, 5.41) is 13.9. The Morgan fingerprint density at radius 1 is 1.56 bits per heavy atom. The molecule has 1 aromatic rings. The number of hydrogen-bond acceptors (Lipinski definition) is 4. The average Bonchev–Trinajstić information content (AvgIpc) is 2.25. The van der Waals surface area contributed by atoms with Crippen LogP contribution in [0.3, 0.4) is 0 Å². The molecule has 0 heterocycles. The molecule has 1 aromatic carbocycles. The molecule has 0 aliphatic carbocycles. The number of hydrogen-bond donors (Lipinski definition) is 1. The van der Waals surface area contributed by atoms with Crippen molar-refractivity contribution < 1.29 is 9.66 Å². The zero-order valence-corrected chi connectivity index (χ0v) is 9.69. The molecule has 0 saturated carbocycles. The fraction of sp³-hybridized carbons (Fsp3) is 0.455. The summed E-state index contributed by atoms with van der Waals surface area (Å²) in [4.78, 5) is 10.5. The highest BCUT2D eigenvalue weighted by Gasteiger charge is 2.16. The molecule has 0 bridgehead atoms. The Labute approximate surface area is 94.6 Å². The van der Waals surface area contributed by atoms with E-state index in [0.29, 0.717) is 17.8 Å². The number of aryl methyl sites for hydroxylation is 1. The van der Waals surface area contributed by atoms with E-state index in [0.717, 1.165) is 0 Å². The Morgan fingerprint density at radius 3 is 2.81 bits per heavy atom. The van der Waals surface area contributed by atoms with Gasteiger partial charge in [-0.1, -0.05) is 12.1 Å². The standard InChI is InChI=1S/C11H16N2O3/c1-8-5-4-6-10(11(8)13(14)15)12-7-9(2)16-3/h4-6,9,12H,7H2,1-3H3. The first-order valence-electron chi connectivity index (χ1n) is 5.07. The summed E-state index contributed by atoms with van der Waals surface area (Å²) < 4.78 is 5.07. The maximum atomic E-state index is 10.9. The quantitative estimate of drug-likeness (QED) is 0.616. The van der Waals surface area contributed by atoms with E-state index < -0.39 is 0 Å². The number of nitro groups is 1. The van der Waals surface area contributed by atoms with Crippen LogP contribution >= 0.6 is 0 Å². The van der Waals surface area contributed by atoms with Crippen molar-refractivity contribution in [2.45, 2.75) is 20.0 Å². The van der Waals surface area contributed by atoms with Gasteiger partial charge < -0.3 is 10.1 Å². The van der Waals surface area contributed by atoms with Gasteiger partial charge in [-0.15, -0.1) is 0 Å². The average molecular weight is 224 g/mol. The van der Waals surface area contributed by atoms with Gasteiger partial charge in [0.1, 0.15) is 5.69 Å². The van der Waals surface area contributed by atoms with Crippen molar-refractivity contribution in [2.75, 3.05) is 19.0 Å². The summed E-state index contributed by atoms with van der Waals surface area (Å²) in [6.07, 6.45) is 0.0140. The first kappa shape index (κ1) is 12.4. The molecule has 0 amide bonds. The predicted molar refractivity (Wildman–Crippen MR) is 62.8 cm³/mol. The molecule has 0 spiro atoms. The van der Waals surface area contributed by atoms with Crippen molar-refractivity contribution in [3.63, 3.8) is 0 Å². The molecule has 5 nitrogen and oxygen atoms in total. The molecule has 1 N–H and O–H groups in total. The highest BCUT2D eigenvalue weighted by Crippen LogP contribution is 2.27. The largest absolute Gasteiger partial charge is 0.380 e. The van der Waals surface area contributed by atoms with E-state index in [1.165, 1.54) is 0 Å². The molecule has 1 rings (SSSR count). The van der Waals surface area contributed by atoms with Gasteiger partial charge in [-0.25, -0.2) is 0 Å². The lowest BCUT2D eigenvalue weighted by molar-refractivity contribution is -0.384. The minimum atomic E-state index is -0.366. The van der Waals surface area contributed by atoms with E-state index in [4.69, 9.17) is 4.74 Å². The van der Waals surface area contributed by atoms with E-state index in [1.54, 1.807) is 32.2 Å². The summed E-state index contributed by atoms with van der Waals surface area (Å²) >= 11 is 0.